The van der Waals surface area contributed by atoms with Gasteiger partial charge < -0.3 is 15.3 Å². The van der Waals surface area contributed by atoms with E-state index in [0.29, 0.717) is 5.71 Å². The van der Waals surface area contributed by atoms with Gasteiger partial charge in [-0.05, 0) is 36.4 Å². The number of nitrogens with zero attached hydrogens (tertiary/aromatic N) is 1. The fraction of sp³-hybridized carbons (Fsp3) is 0. The standard InChI is InChI=1S/C14H9NO6/c16-8-3-1-7(2-4-8)15-9-5-6-10(17)12(14(20)21)11(9)13(18)19/h1-6,17H,(H,18,19)(H,20,21). The molecule has 0 unspecified atom stereocenters. The number of aromatic carboxylic acids is 2. The minimum absolute atomic E-state index is 0.128. The van der Waals surface area contributed by atoms with Crippen molar-refractivity contribution in [2.75, 3.05) is 0 Å². The van der Waals surface area contributed by atoms with Crippen molar-refractivity contribution in [3.05, 3.63) is 47.6 Å². The number of hydrogen-bond donors (Lipinski definition) is 3. The number of rotatable bonds is 3. The van der Waals surface area contributed by atoms with Gasteiger partial charge in [-0.15, -0.1) is 0 Å². The van der Waals surface area contributed by atoms with Crippen LogP contribution >= 0.6 is 0 Å². The fourth-order valence-electron chi connectivity index (χ4n) is 1.77. The van der Waals surface area contributed by atoms with Gasteiger partial charge in [0.25, 0.3) is 0 Å². The summed E-state index contributed by atoms with van der Waals surface area (Å²) in [6.07, 6.45) is 5.25. The highest BCUT2D eigenvalue weighted by Crippen LogP contribution is 2.30. The van der Waals surface area contributed by atoms with E-state index < -0.39 is 28.8 Å². The van der Waals surface area contributed by atoms with Crippen LogP contribution in [0.1, 0.15) is 20.7 Å². The van der Waals surface area contributed by atoms with Crippen molar-refractivity contribution < 1.29 is 29.7 Å². The lowest BCUT2D eigenvalue weighted by Crippen LogP contribution is -2.09. The van der Waals surface area contributed by atoms with Crippen molar-refractivity contribution in [2.45, 2.75) is 0 Å². The summed E-state index contributed by atoms with van der Waals surface area (Å²) < 4.78 is 0. The Morgan fingerprint density at radius 1 is 0.905 bits per heavy atom. The van der Waals surface area contributed by atoms with Gasteiger partial charge in [-0.3, -0.25) is 4.79 Å². The number of phenols is 1. The molecule has 0 atom stereocenters. The summed E-state index contributed by atoms with van der Waals surface area (Å²) >= 11 is 0. The first-order valence-corrected chi connectivity index (χ1v) is 5.71. The number of carboxylic acids is 2. The Balaban J connectivity index is 2.63. The largest absolute Gasteiger partial charge is 0.507 e. The minimum atomic E-state index is -1.57. The van der Waals surface area contributed by atoms with Crippen molar-refractivity contribution in [2.24, 2.45) is 4.99 Å². The monoisotopic (exact) mass is 287 g/mol. The Bertz CT molecular complexity index is 724. The molecule has 2 rings (SSSR count). The summed E-state index contributed by atoms with van der Waals surface area (Å²) in [7, 11) is 0. The molecule has 0 amide bonds. The zero-order valence-electron chi connectivity index (χ0n) is 10.5. The molecule has 0 fully saturated rings. The van der Waals surface area contributed by atoms with Gasteiger partial charge in [0, 0.05) is 0 Å². The zero-order chi connectivity index (χ0) is 15.6. The van der Waals surface area contributed by atoms with Crippen molar-refractivity contribution in [1.29, 1.82) is 0 Å². The Kier molecular flexibility index (Phi) is 3.66. The molecule has 0 aromatic heterocycles. The van der Waals surface area contributed by atoms with Crippen LogP contribution in [0.15, 0.2) is 41.4 Å². The predicted molar refractivity (Wildman–Crippen MR) is 72.4 cm³/mol. The van der Waals surface area contributed by atoms with Crippen LogP contribution < -0.4 is 0 Å². The van der Waals surface area contributed by atoms with E-state index >= 15 is 0 Å². The van der Waals surface area contributed by atoms with Crippen LogP contribution in [0.25, 0.3) is 0 Å². The van der Waals surface area contributed by atoms with Crippen LogP contribution in [-0.4, -0.2) is 38.8 Å². The first-order valence-electron chi connectivity index (χ1n) is 5.71. The van der Waals surface area contributed by atoms with Gasteiger partial charge in [-0.2, -0.15) is 0 Å². The van der Waals surface area contributed by atoms with Crippen molar-refractivity contribution in [3.63, 3.8) is 0 Å². The normalized spacial score (nSPS) is 13.3. The molecular formula is C14H9NO6. The van der Waals surface area contributed by atoms with E-state index in [1.165, 1.54) is 30.4 Å². The summed E-state index contributed by atoms with van der Waals surface area (Å²) in [6.45, 7) is 0. The lowest BCUT2D eigenvalue weighted by Gasteiger charge is -2.08. The number of benzene rings is 1. The number of ketones is 1. The first kappa shape index (κ1) is 14.2. The summed E-state index contributed by atoms with van der Waals surface area (Å²) in [5.74, 6) is -3.99. The average molecular weight is 287 g/mol. The van der Waals surface area contributed by atoms with Crippen LogP contribution in [0, 0.1) is 0 Å². The van der Waals surface area contributed by atoms with E-state index in [-0.39, 0.29) is 11.5 Å². The number of allylic oxidation sites excluding steroid dienone is 4. The van der Waals surface area contributed by atoms with Crippen LogP contribution in [-0.2, 0) is 4.79 Å². The smallest absolute Gasteiger partial charge is 0.340 e. The summed E-state index contributed by atoms with van der Waals surface area (Å²) in [5.41, 5.74) is -1.19. The van der Waals surface area contributed by atoms with Crippen molar-refractivity contribution in [1.82, 2.24) is 0 Å². The van der Waals surface area contributed by atoms with E-state index in [2.05, 4.69) is 4.99 Å². The Hall–Kier alpha value is -3.22. The number of aliphatic imine (C=N–C) groups is 1. The van der Waals surface area contributed by atoms with Gasteiger partial charge >= 0.3 is 11.9 Å². The van der Waals surface area contributed by atoms with Gasteiger partial charge in [0.2, 0.25) is 0 Å². The molecule has 21 heavy (non-hydrogen) atoms. The summed E-state index contributed by atoms with van der Waals surface area (Å²) in [6, 6.07) is 2.24. The molecule has 1 aromatic rings. The molecule has 7 nitrogen and oxygen atoms in total. The van der Waals surface area contributed by atoms with E-state index in [1.807, 2.05) is 0 Å². The highest BCUT2D eigenvalue weighted by molar-refractivity contribution is 6.18. The fourth-order valence-corrected chi connectivity index (χ4v) is 1.77. The maximum absolute atomic E-state index is 11.3. The van der Waals surface area contributed by atoms with Crippen LogP contribution in [0.4, 0.5) is 5.69 Å². The molecule has 0 spiro atoms. The zero-order valence-corrected chi connectivity index (χ0v) is 10.5. The molecule has 1 aliphatic carbocycles. The molecule has 0 heterocycles. The van der Waals surface area contributed by atoms with Gasteiger partial charge in [-0.1, -0.05) is 0 Å². The van der Waals surface area contributed by atoms with Crippen LogP contribution in [0.3, 0.4) is 0 Å². The first-order chi connectivity index (χ1) is 9.90. The molecule has 1 aliphatic rings. The molecule has 7 heteroatoms. The maximum Gasteiger partial charge on any atom is 0.340 e. The molecule has 0 saturated heterocycles. The third-order valence-corrected chi connectivity index (χ3v) is 2.68. The number of carbonyl (C=O) groups is 3. The molecule has 0 bridgehead atoms. The second-order valence-corrected chi connectivity index (χ2v) is 4.07. The van der Waals surface area contributed by atoms with Crippen LogP contribution in [0.2, 0.25) is 0 Å². The lowest BCUT2D eigenvalue weighted by molar-refractivity contribution is -0.110. The average Bonchev–Trinajstić information content (AvgIpc) is 2.42. The molecule has 0 aliphatic heterocycles. The predicted octanol–water partition coefficient (Wildman–Crippen LogP) is 1.56. The van der Waals surface area contributed by atoms with Gasteiger partial charge in [-0.25, -0.2) is 14.6 Å². The number of aromatic hydroxyl groups is 1. The molecule has 106 valence electrons. The number of carboxylic acid groups (broad SMARTS) is 2. The second kappa shape index (κ2) is 5.41. The lowest BCUT2D eigenvalue weighted by atomic mass is 10.0. The van der Waals surface area contributed by atoms with Gasteiger partial charge in [0.05, 0.1) is 11.4 Å². The van der Waals surface area contributed by atoms with Crippen molar-refractivity contribution in [3.8, 4) is 5.75 Å². The topological polar surface area (TPSA) is 124 Å². The molecule has 0 radical (unpaired) electrons. The Morgan fingerprint density at radius 3 is 2.00 bits per heavy atom. The summed E-state index contributed by atoms with van der Waals surface area (Å²) in [5, 5.41) is 27.7. The Labute approximate surface area is 118 Å². The minimum Gasteiger partial charge on any atom is -0.507 e. The number of hydrogen-bond acceptors (Lipinski definition) is 5. The van der Waals surface area contributed by atoms with Crippen molar-refractivity contribution >= 4 is 29.1 Å². The maximum atomic E-state index is 11.3. The highest BCUT2D eigenvalue weighted by atomic mass is 16.4. The van der Waals surface area contributed by atoms with E-state index in [4.69, 9.17) is 10.2 Å². The summed E-state index contributed by atoms with van der Waals surface area (Å²) in [4.78, 5) is 37.3. The molecule has 1 aromatic carbocycles. The van der Waals surface area contributed by atoms with E-state index in [1.54, 1.807) is 0 Å². The van der Waals surface area contributed by atoms with Gasteiger partial charge in [0.15, 0.2) is 5.78 Å². The molecule has 0 saturated carbocycles. The number of carbonyl (C=O) groups excluding carboxylic acids is 1. The van der Waals surface area contributed by atoms with Gasteiger partial charge in [0.1, 0.15) is 16.9 Å². The SMILES string of the molecule is O=C1C=CC(=Nc2ccc(O)c(C(=O)O)c2C(=O)O)C=C1. The van der Waals surface area contributed by atoms with E-state index in [0.717, 1.165) is 6.07 Å². The molecule has 3 N–H and O–H groups in total. The second-order valence-electron chi connectivity index (χ2n) is 4.07. The third kappa shape index (κ3) is 2.86. The van der Waals surface area contributed by atoms with Crippen LogP contribution in [0.5, 0.6) is 5.75 Å². The molecular weight excluding hydrogens is 278 g/mol. The van der Waals surface area contributed by atoms with E-state index in [9.17, 15) is 19.5 Å². The Morgan fingerprint density at radius 2 is 1.48 bits per heavy atom. The highest BCUT2D eigenvalue weighted by Gasteiger charge is 2.24. The quantitative estimate of drug-likeness (QED) is 0.724. The third-order valence-electron chi connectivity index (χ3n) is 2.68.